The second-order valence-corrected chi connectivity index (χ2v) is 8.33. The number of anilines is 2. The molecule has 0 spiro atoms. The van der Waals surface area contributed by atoms with Crippen molar-refractivity contribution in [2.24, 2.45) is 0 Å². The molecule has 5 rings (SSSR count). The van der Waals surface area contributed by atoms with Crippen molar-refractivity contribution in [2.75, 3.05) is 11.1 Å². The molecule has 0 fully saturated rings. The Morgan fingerprint density at radius 2 is 1.91 bits per heavy atom. The van der Waals surface area contributed by atoms with E-state index in [0.717, 1.165) is 51.4 Å². The average molecular weight is 442 g/mol. The van der Waals surface area contributed by atoms with E-state index >= 15 is 0 Å². The Morgan fingerprint density at radius 3 is 2.70 bits per heavy atom. The first kappa shape index (κ1) is 20.9. The zero-order chi connectivity index (χ0) is 23.1. The van der Waals surface area contributed by atoms with Crippen molar-refractivity contribution in [3.05, 3.63) is 70.7 Å². The van der Waals surface area contributed by atoms with Gasteiger partial charge >= 0.3 is 0 Å². The first-order valence-electron chi connectivity index (χ1n) is 11.0. The molecule has 5 aromatic rings. The van der Waals surface area contributed by atoms with E-state index in [1.54, 1.807) is 0 Å². The standard InChI is InChI=1S/C24H27N9/c1-5-20-16(4)33-11-17(6-7-22(33)30-20)10-32-12-19-23(27-13-28-24(19)31-32)26-9-18-14(2)8-21(25)29-15(18)3/h6-8,11-13H,5,9-10H2,1-4H3,(H2,25,29)(H,26,27,28,31). The van der Waals surface area contributed by atoms with Crippen LogP contribution in [0.5, 0.6) is 0 Å². The minimum absolute atomic E-state index is 0.537. The monoisotopic (exact) mass is 441 g/mol. The fourth-order valence-electron chi connectivity index (χ4n) is 4.30. The predicted octanol–water partition coefficient (Wildman–Crippen LogP) is 3.60. The van der Waals surface area contributed by atoms with Crippen LogP contribution in [-0.2, 0) is 19.5 Å². The van der Waals surface area contributed by atoms with Gasteiger partial charge < -0.3 is 15.5 Å². The van der Waals surface area contributed by atoms with Crippen LogP contribution in [0.15, 0.2) is 36.9 Å². The van der Waals surface area contributed by atoms with Gasteiger partial charge in [-0.2, -0.15) is 5.10 Å². The molecular formula is C24H27N9. The van der Waals surface area contributed by atoms with Crippen molar-refractivity contribution in [1.82, 2.24) is 34.1 Å². The highest BCUT2D eigenvalue weighted by molar-refractivity contribution is 5.85. The normalized spacial score (nSPS) is 11.5. The number of rotatable bonds is 6. The lowest BCUT2D eigenvalue weighted by atomic mass is 10.1. The Kier molecular flexibility index (Phi) is 5.16. The maximum Gasteiger partial charge on any atom is 0.186 e. The highest BCUT2D eigenvalue weighted by atomic mass is 15.3. The van der Waals surface area contributed by atoms with Crippen LogP contribution in [0.4, 0.5) is 11.6 Å². The number of imidazole rings is 1. The maximum absolute atomic E-state index is 5.86. The Hall–Kier alpha value is -4.01. The molecule has 5 aromatic heterocycles. The molecule has 0 saturated carbocycles. The predicted molar refractivity (Wildman–Crippen MR) is 129 cm³/mol. The van der Waals surface area contributed by atoms with Crippen molar-refractivity contribution in [3.8, 4) is 0 Å². The van der Waals surface area contributed by atoms with E-state index < -0.39 is 0 Å². The first-order valence-corrected chi connectivity index (χ1v) is 11.0. The van der Waals surface area contributed by atoms with Gasteiger partial charge in [0.15, 0.2) is 5.65 Å². The Labute approximate surface area is 191 Å². The second-order valence-electron chi connectivity index (χ2n) is 8.33. The van der Waals surface area contributed by atoms with Gasteiger partial charge in [0, 0.05) is 30.3 Å². The smallest absolute Gasteiger partial charge is 0.186 e. The molecule has 0 amide bonds. The topological polar surface area (TPSA) is 112 Å². The van der Waals surface area contributed by atoms with Gasteiger partial charge in [0.2, 0.25) is 0 Å². The summed E-state index contributed by atoms with van der Waals surface area (Å²) in [5.41, 5.74) is 14.1. The molecule has 0 radical (unpaired) electrons. The van der Waals surface area contributed by atoms with Crippen LogP contribution in [0.25, 0.3) is 16.7 Å². The summed E-state index contributed by atoms with van der Waals surface area (Å²) in [5, 5.41) is 8.97. The van der Waals surface area contributed by atoms with Crippen LogP contribution in [-0.4, -0.2) is 34.1 Å². The molecule has 0 unspecified atom stereocenters. The largest absolute Gasteiger partial charge is 0.384 e. The Balaban J connectivity index is 1.41. The zero-order valence-electron chi connectivity index (χ0n) is 19.3. The summed E-state index contributed by atoms with van der Waals surface area (Å²) in [4.78, 5) is 17.9. The summed E-state index contributed by atoms with van der Waals surface area (Å²) >= 11 is 0. The van der Waals surface area contributed by atoms with Crippen LogP contribution in [0.1, 0.15) is 40.7 Å². The molecule has 0 aliphatic rings. The number of pyridine rings is 2. The summed E-state index contributed by atoms with van der Waals surface area (Å²) in [6, 6.07) is 6.04. The van der Waals surface area contributed by atoms with Crippen LogP contribution in [0.2, 0.25) is 0 Å². The highest BCUT2D eigenvalue weighted by Gasteiger charge is 2.12. The number of nitrogen functional groups attached to an aromatic ring is 1. The molecule has 0 saturated heterocycles. The molecule has 5 heterocycles. The highest BCUT2D eigenvalue weighted by Crippen LogP contribution is 2.22. The quantitative estimate of drug-likeness (QED) is 0.414. The molecular weight excluding hydrogens is 414 g/mol. The average Bonchev–Trinajstić information content (AvgIpc) is 3.33. The minimum atomic E-state index is 0.537. The van der Waals surface area contributed by atoms with Crippen molar-refractivity contribution < 1.29 is 0 Å². The lowest BCUT2D eigenvalue weighted by molar-refractivity contribution is 0.690. The number of hydrogen-bond acceptors (Lipinski definition) is 7. The van der Waals surface area contributed by atoms with Gasteiger partial charge in [-0.15, -0.1) is 0 Å². The van der Waals surface area contributed by atoms with E-state index in [1.165, 1.54) is 12.0 Å². The van der Waals surface area contributed by atoms with Crippen LogP contribution in [0.3, 0.4) is 0 Å². The van der Waals surface area contributed by atoms with Crippen LogP contribution < -0.4 is 11.1 Å². The third kappa shape index (κ3) is 3.86. The number of aryl methyl sites for hydroxylation is 4. The Bertz CT molecular complexity index is 1460. The molecule has 0 aliphatic carbocycles. The van der Waals surface area contributed by atoms with Gasteiger partial charge in [0.1, 0.15) is 23.6 Å². The fourth-order valence-corrected chi connectivity index (χ4v) is 4.30. The molecule has 0 aromatic carbocycles. The van der Waals surface area contributed by atoms with Crippen molar-refractivity contribution in [2.45, 2.75) is 47.2 Å². The van der Waals surface area contributed by atoms with Gasteiger partial charge in [-0.05, 0) is 56.0 Å². The van der Waals surface area contributed by atoms with E-state index in [9.17, 15) is 0 Å². The minimum Gasteiger partial charge on any atom is -0.384 e. The van der Waals surface area contributed by atoms with Crippen LogP contribution in [0, 0.1) is 20.8 Å². The molecule has 9 nitrogen and oxygen atoms in total. The van der Waals surface area contributed by atoms with E-state index in [-0.39, 0.29) is 0 Å². The number of nitrogens with zero attached hydrogens (tertiary/aromatic N) is 7. The summed E-state index contributed by atoms with van der Waals surface area (Å²) in [6.45, 7) is 9.47. The number of nitrogens with two attached hydrogens (primary N) is 1. The lowest BCUT2D eigenvalue weighted by Crippen LogP contribution is -2.08. The Morgan fingerprint density at radius 1 is 1.06 bits per heavy atom. The number of nitrogens with one attached hydrogen (secondary N) is 1. The van der Waals surface area contributed by atoms with E-state index in [1.807, 2.05) is 30.8 Å². The number of fused-ring (bicyclic) bond motifs is 2. The first-order chi connectivity index (χ1) is 15.9. The number of aromatic nitrogens is 7. The van der Waals surface area contributed by atoms with Crippen LogP contribution >= 0.6 is 0 Å². The third-order valence-electron chi connectivity index (χ3n) is 6.07. The van der Waals surface area contributed by atoms with E-state index in [2.05, 4.69) is 61.9 Å². The molecule has 33 heavy (non-hydrogen) atoms. The SMILES string of the molecule is CCc1nc2ccc(Cn3cc4c(NCc5c(C)cc(N)nc5C)ncnc4n3)cn2c1C. The molecule has 0 bridgehead atoms. The molecule has 9 heteroatoms. The summed E-state index contributed by atoms with van der Waals surface area (Å²) in [5.74, 6) is 1.28. The fraction of sp³-hybridized carbons (Fsp3) is 0.292. The van der Waals surface area contributed by atoms with Crippen molar-refractivity contribution in [1.29, 1.82) is 0 Å². The lowest BCUT2D eigenvalue weighted by Gasteiger charge is -2.12. The van der Waals surface area contributed by atoms with Gasteiger partial charge in [-0.25, -0.2) is 19.9 Å². The zero-order valence-corrected chi connectivity index (χ0v) is 19.3. The molecule has 0 atom stereocenters. The van der Waals surface area contributed by atoms with E-state index in [4.69, 9.17) is 10.7 Å². The van der Waals surface area contributed by atoms with Crippen molar-refractivity contribution in [3.63, 3.8) is 0 Å². The molecule has 0 aliphatic heterocycles. The summed E-state index contributed by atoms with van der Waals surface area (Å²) in [7, 11) is 0. The third-order valence-corrected chi connectivity index (χ3v) is 6.07. The molecule has 3 N–H and O–H groups in total. The summed E-state index contributed by atoms with van der Waals surface area (Å²) < 4.78 is 4.05. The number of hydrogen-bond donors (Lipinski definition) is 2. The molecule has 168 valence electrons. The van der Waals surface area contributed by atoms with Crippen molar-refractivity contribution >= 4 is 28.3 Å². The van der Waals surface area contributed by atoms with Gasteiger partial charge in [-0.1, -0.05) is 13.0 Å². The van der Waals surface area contributed by atoms with E-state index in [0.29, 0.717) is 24.6 Å². The van der Waals surface area contributed by atoms with Gasteiger partial charge in [0.05, 0.1) is 17.6 Å². The maximum atomic E-state index is 5.86. The van der Waals surface area contributed by atoms with Gasteiger partial charge in [0.25, 0.3) is 0 Å². The van der Waals surface area contributed by atoms with Gasteiger partial charge in [-0.3, -0.25) is 4.68 Å². The summed E-state index contributed by atoms with van der Waals surface area (Å²) in [6.07, 6.45) is 6.58. The second kappa shape index (κ2) is 8.16.